The normalized spacial score (nSPS) is 13.9. The highest BCUT2D eigenvalue weighted by molar-refractivity contribution is 5.72. The lowest BCUT2D eigenvalue weighted by Gasteiger charge is -2.11. The Labute approximate surface area is 157 Å². The molecular formula is C22H44N2O. The minimum Gasteiger partial charge on any atom is -0.481 e. The summed E-state index contributed by atoms with van der Waals surface area (Å²) in [6.45, 7) is 8.88. The van der Waals surface area contributed by atoms with Gasteiger partial charge in [-0.2, -0.15) is 0 Å². The van der Waals surface area contributed by atoms with Gasteiger partial charge in [0.2, 0.25) is 0 Å². The first-order valence-electron chi connectivity index (χ1n) is 10.9. The third kappa shape index (κ3) is 16.2. The second-order valence-electron chi connectivity index (χ2n) is 7.01. The summed E-state index contributed by atoms with van der Waals surface area (Å²) in [6, 6.07) is 0.201. The average Bonchev–Trinajstić information content (AvgIpc) is 3.05. The monoisotopic (exact) mass is 352 g/mol. The molecule has 1 heterocycles. The zero-order valence-corrected chi connectivity index (χ0v) is 17.3. The molecule has 0 aromatic heterocycles. The Morgan fingerprint density at radius 3 is 1.76 bits per heavy atom. The molecule has 0 amide bonds. The van der Waals surface area contributed by atoms with Gasteiger partial charge >= 0.3 is 0 Å². The number of aliphatic hydroxyl groups is 1. The molecular weight excluding hydrogens is 308 g/mol. The fraction of sp³-hybridized carbons (Fsp3) is 0.864. The summed E-state index contributed by atoms with van der Waals surface area (Å²) in [4.78, 5) is 5.62. The van der Waals surface area contributed by atoms with Gasteiger partial charge in [0.15, 0.2) is 0 Å². The Kier molecular flexibility index (Phi) is 18.6. The molecule has 25 heavy (non-hydrogen) atoms. The van der Waals surface area contributed by atoms with Crippen molar-refractivity contribution in [2.45, 2.75) is 104 Å². The number of unbranched alkanes of at least 4 members (excludes halogenated alkanes) is 12. The van der Waals surface area contributed by atoms with Gasteiger partial charge in [-0.3, -0.25) is 0 Å². The van der Waals surface area contributed by atoms with Crippen molar-refractivity contribution in [2.75, 3.05) is 19.6 Å². The third-order valence-electron chi connectivity index (χ3n) is 4.75. The van der Waals surface area contributed by atoms with E-state index in [2.05, 4.69) is 31.0 Å². The molecule has 0 aromatic rings. The summed E-state index contributed by atoms with van der Waals surface area (Å²) in [5, 5.41) is 8.86. The summed E-state index contributed by atoms with van der Waals surface area (Å²) in [5.74, 6) is 0. The van der Waals surface area contributed by atoms with Crippen molar-refractivity contribution < 1.29 is 5.11 Å². The van der Waals surface area contributed by atoms with Gasteiger partial charge in [-0.1, -0.05) is 89.7 Å². The predicted molar refractivity (Wildman–Crippen MR) is 113 cm³/mol. The smallest absolute Gasteiger partial charge is 0.284 e. The van der Waals surface area contributed by atoms with Crippen molar-refractivity contribution in [1.82, 2.24) is 4.90 Å². The van der Waals surface area contributed by atoms with Crippen LogP contribution in [0.2, 0.25) is 0 Å². The molecule has 0 saturated heterocycles. The van der Waals surface area contributed by atoms with Gasteiger partial charge in [0.05, 0.1) is 6.54 Å². The molecule has 0 radical (unpaired) electrons. The number of likely N-dealkylation sites (N-methyl/N-ethyl adjacent to an activating group) is 1. The highest BCUT2D eigenvalue weighted by Gasteiger charge is 2.11. The van der Waals surface area contributed by atoms with Crippen LogP contribution in [0.15, 0.2) is 17.1 Å². The van der Waals surface area contributed by atoms with Crippen molar-refractivity contribution in [3.8, 4) is 0 Å². The van der Waals surface area contributed by atoms with E-state index in [1.165, 1.54) is 83.5 Å². The van der Waals surface area contributed by atoms with E-state index in [1.807, 2.05) is 11.8 Å². The maximum atomic E-state index is 8.86. The maximum absolute atomic E-state index is 8.86. The largest absolute Gasteiger partial charge is 0.481 e. The van der Waals surface area contributed by atoms with E-state index >= 15 is 0 Å². The lowest BCUT2D eigenvalue weighted by Crippen LogP contribution is -2.26. The Bertz CT molecular complexity index is 326. The van der Waals surface area contributed by atoms with Crippen molar-refractivity contribution >= 4 is 6.02 Å². The maximum Gasteiger partial charge on any atom is 0.284 e. The summed E-state index contributed by atoms with van der Waals surface area (Å²) in [5.41, 5.74) is 0. The molecule has 0 bridgehead atoms. The van der Waals surface area contributed by atoms with Crippen LogP contribution in [0, 0.1) is 0 Å². The Balaban J connectivity index is 0.000000593. The van der Waals surface area contributed by atoms with E-state index in [4.69, 9.17) is 5.11 Å². The second kappa shape index (κ2) is 19.3. The van der Waals surface area contributed by atoms with E-state index in [9.17, 15) is 0 Å². The van der Waals surface area contributed by atoms with Crippen LogP contribution in [0.3, 0.4) is 0 Å². The third-order valence-corrected chi connectivity index (χ3v) is 4.75. The standard InChI is InChI=1S/C17H34.C5H10N2O/c1-3-5-7-9-11-13-15-17-16-14-12-10-8-6-4-2;1-2-7-4-3-6-5(7)8/h3,5H,4,6-17H2,1-2H3;2-4H2,1H3,(H,6,8). The summed E-state index contributed by atoms with van der Waals surface area (Å²) in [7, 11) is 0. The van der Waals surface area contributed by atoms with E-state index in [0.717, 1.165) is 19.6 Å². The first-order chi connectivity index (χ1) is 12.3. The van der Waals surface area contributed by atoms with Crippen LogP contribution in [-0.2, 0) is 0 Å². The van der Waals surface area contributed by atoms with Crippen LogP contribution in [-0.4, -0.2) is 35.7 Å². The van der Waals surface area contributed by atoms with Gasteiger partial charge in [-0.15, -0.1) is 0 Å². The molecule has 1 aliphatic heterocycles. The predicted octanol–water partition coefficient (Wildman–Crippen LogP) is 6.89. The molecule has 0 atom stereocenters. The Morgan fingerprint density at radius 2 is 1.40 bits per heavy atom. The van der Waals surface area contributed by atoms with Crippen LogP contribution in [0.4, 0.5) is 0 Å². The van der Waals surface area contributed by atoms with Gasteiger partial charge < -0.3 is 10.0 Å². The number of hydrogen-bond donors (Lipinski definition) is 1. The molecule has 0 aliphatic carbocycles. The van der Waals surface area contributed by atoms with Gasteiger partial charge in [0.25, 0.3) is 6.02 Å². The number of rotatable bonds is 14. The number of aliphatic imine (C=N–C) groups is 1. The first kappa shape index (κ1) is 24.0. The van der Waals surface area contributed by atoms with Crippen LogP contribution in [0.5, 0.6) is 0 Å². The number of allylic oxidation sites excluding steroid dienone is 2. The molecule has 3 heteroatoms. The van der Waals surface area contributed by atoms with E-state index < -0.39 is 0 Å². The number of amidine groups is 1. The SMILES string of the molecule is CC=CCCCCCCCCCCCCCC.CCN1CCN=C1O. The van der Waals surface area contributed by atoms with Crippen molar-refractivity contribution in [3.05, 3.63) is 12.2 Å². The fourth-order valence-electron chi connectivity index (χ4n) is 3.04. The molecule has 0 saturated carbocycles. The molecule has 148 valence electrons. The van der Waals surface area contributed by atoms with E-state index in [0.29, 0.717) is 0 Å². The van der Waals surface area contributed by atoms with Crippen LogP contribution in [0.25, 0.3) is 0 Å². The summed E-state index contributed by atoms with van der Waals surface area (Å²) in [6.07, 6.45) is 23.1. The topological polar surface area (TPSA) is 35.8 Å². The van der Waals surface area contributed by atoms with Gasteiger partial charge in [-0.25, -0.2) is 4.99 Å². The van der Waals surface area contributed by atoms with Crippen molar-refractivity contribution in [3.63, 3.8) is 0 Å². The highest BCUT2D eigenvalue weighted by Crippen LogP contribution is 2.12. The second-order valence-corrected chi connectivity index (χ2v) is 7.01. The molecule has 1 aliphatic rings. The van der Waals surface area contributed by atoms with Gasteiger partial charge in [-0.05, 0) is 26.7 Å². The molecule has 0 fully saturated rings. The summed E-state index contributed by atoms with van der Waals surface area (Å²) >= 11 is 0. The zero-order valence-electron chi connectivity index (χ0n) is 17.3. The Morgan fingerprint density at radius 1 is 0.880 bits per heavy atom. The minimum atomic E-state index is 0.201. The quantitative estimate of drug-likeness (QED) is 0.273. The Hall–Kier alpha value is -0.990. The molecule has 1 rings (SSSR count). The molecule has 3 nitrogen and oxygen atoms in total. The van der Waals surface area contributed by atoms with Gasteiger partial charge in [0, 0.05) is 13.1 Å². The zero-order chi connectivity index (χ0) is 18.6. The number of aliphatic hydroxyl groups excluding tert-OH is 1. The number of nitrogens with zero attached hydrogens (tertiary/aromatic N) is 2. The average molecular weight is 353 g/mol. The van der Waals surface area contributed by atoms with Crippen LogP contribution < -0.4 is 0 Å². The molecule has 1 N–H and O–H groups in total. The van der Waals surface area contributed by atoms with E-state index in [1.54, 1.807) is 0 Å². The van der Waals surface area contributed by atoms with Gasteiger partial charge in [0.1, 0.15) is 0 Å². The van der Waals surface area contributed by atoms with Crippen LogP contribution in [0.1, 0.15) is 104 Å². The molecule has 0 aromatic carbocycles. The highest BCUT2D eigenvalue weighted by atomic mass is 16.3. The first-order valence-corrected chi connectivity index (χ1v) is 10.9. The van der Waals surface area contributed by atoms with Crippen molar-refractivity contribution in [1.29, 1.82) is 0 Å². The van der Waals surface area contributed by atoms with Crippen LogP contribution >= 0.6 is 0 Å². The summed E-state index contributed by atoms with van der Waals surface area (Å²) < 4.78 is 0. The fourth-order valence-corrected chi connectivity index (χ4v) is 3.04. The number of hydrogen-bond acceptors (Lipinski definition) is 2. The molecule has 0 spiro atoms. The lowest BCUT2D eigenvalue weighted by molar-refractivity contribution is 0.379. The minimum absolute atomic E-state index is 0.201. The van der Waals surface area contributed by atoms with E-state index in [-0.39, 0.29) is 6.02 Å². The molecule has 0 unspecified atom stereocenters. The lowest BCUT2D eigenvalue weighted by atomic mass is 10.0. The van der Waals surface area contributed by atoms with Crippen molar-refractivity contribution in [2.24, 2.45) is 4.99 Å².